The first-order chi connectivity index (χ1) is 17.5. The second kappa shape index (κ2) is 11.8. The van der Waals surface area contributed by atoms with Crippen LogP contribution in [0.4, 0.5) is 10.5 Å². The molecule has 2 heterocycles. The van der Waals surface area contributed by atoms with Gasteiger partial charge in [0.25, 0.3) is 5.91 Å². The van der Waals surface area contributed by atoms with Gasteiger partial charge in [-0.25, -0.2) is 10.2 Å². The standard InChI is InChI=1S/C26H29N5O5/c1-17(29-21-15-20(34-2)14-19-6-4-11-27-25(19)21)5-3-12-28-26(33)31-30-24(32)10-8-18-7-9-22-23(13-18)36-16-35-22/h4,6-11,13-15,17,29H,3,5,12,16H2,1-2H3,(H,30,32)(H2,28,31,33)/b10-8+. The zero-order valence-electron chi connectivity index (χ0n) is 20.2. The predicted octanol–water partition coefficient (Wildman–Crippen LogP) is 3.60. The van der Waals surface area contributed by atoms with E-state index >= 15 is 0 Å². The quantitative estimate of drug-likeness (QED) is 0.205. The number of methoxy groups -OCH3 is 1. The molecule has 0 saturated heterocycles. The van der Waals surface area contributed by atoms with Gasteiger partial charge in [0.15, 0.2) is 11.5 Å². The number of aromatic nitrogens is 1. The Hall–Kier alpha value is -4.47. The van der Waals surface area contributed by atoms with Crippen LogP contribution in [0.5, 0.6) is 17.2 Å². The molecular weight excluding hydrogens is 462 g/mol. The van der Waals surface area contributed by atoms with Gasteiger partial charge in [0.1, 0.15) is 5.75 Å². The van der Waals surface area contributed by atoms with Gasteiger partial charge in [-0.3, -0.25) is 15.2 Å². The van der Waals surface area contributed by atoms with Crippen molar-refractivity contribution in [3.05, 3.63) is 60.3 Å². The Labute approximate surface area is 209 Å². The van der Waals surface area contributed by atoms with Crippen LogP contribution in [0.1, 0.15) is 25.3 Å². The number of nitrogens with zero attached hydrogens (tertiary/aromatic N) is 1. The van der Waals surface area contributed by atoms with E-state index in [0.717, 1.165) is 40.7 Å². The number of pyridine rings is 1. The zero-order valence-corrected chi connectivity index (χ0v) is 20.2. The number of urea groups is 1. The molecule has 3 amide bonds. The highest BCUT2D eigenvalue weighted by Gasteiger charge is 2.12. The molecule has 1 aliphatic heterocycles. The molecule has 1 unspecified atom stereocenters. The number of carbonyl (C=O) groups excluding carboxylic acids is 2. The monoisotopic (exact) mass is 491 g/mol. The zero-order chi connectivity index (χ0) is 25.3. The van der Waals surface area contributed by atoms with E-state index in [1.165, 1.54) is 6.08 Å². The molecule has 3 aromatic rings. The summed E-state index contributed by atoms with van der Waals surface area (Å²) in [6.07, 6.45) is 6.26. The SMILES string of the molecule is COc1cc(NC(C)CCCNC(=O)NNC(=O)/C=C/c2ccc3c(c2)OCO3)c2ncccc2c1. The summed E-state index contributed by atoms with van der Waals surface area (Å²) in [5, 5.41) is 7.20. The molecular formula is C26H29N5O5. The van der Waals surface area contributed by atoms with Crippen LogP contribution in [0.25, 0.3) is 17.0 Å². The van der Waals surface area contributed by atoms with Gasteiger partial charge in [-0.2, -0.15) is 0 Å². The summed E-state index contributed by atoms with van der Waals surface area (Å²) in [5.74, 6) is 1.61. The van der Waals surface area contributed by atoms with Crippen LogP contribution < -0.4 is 35.7 Å². The van der Waals surface area contributed by atoms with E-state index in [2.05, 4.69) is 33.4 Å². The molecule has 4 rings (SSSR count). The number of anilines is 1. The highest BCUT2D eigenvalue weighted by atomic mass is 16.7. The van der Waals surface area contributed by atoms with Gasteiger partial charge in [0, 0.05) is 36.3 Å². The number of ether oxygens (including phenoxy) is 3. The number of hydrazine groups is 1. The Bertz CT molecular complexity index is 1260. The molecule has 10 heteroatoms. The fraction of sp³-hybridized carbons (Fsp3) is 0.269. The van der Waals surface area contributed by atoms with E-state index in [1.54, 1.807) is 37.6 Å². The number of amides is 3. The predicted molar refractivity (Wildman–Crippen MR) is 137 cm³/mol. The highest BCUT2D eigenvalue weighted by Crippen LogP contribution is 2.32. The second-order valence-electron chi connectivity index (χ2n) is 8.25. The van der Waals surface area contributed by atoms with Gasteiger partial charge in [-0.05, 0) is 55.7 Å². The van der Waals surface area contributed by atoms with E-state index in [1.807, 2.05) is 24.3 Å². The maximum absolute atomic E-state index is 12.0. The van der Waals surface area contributed by atoms with Crippen molar-refractivity contribution in [2.75, 3.05) is 25.8 Å². The summed E-state index contributed by atoms with van der Waals surface area (Å²) >= 11 is 0. The fourth-order valence-corrected chi connectivity index (χ4v) is 3.73. The number of fused-ring (bicyclic) bond motifs is 2. The van der Waals surface area contributed by atoms with E-state index < -0.39 is 11.9 Å². The molecule has 4 N–H and O–H groups in total. The van der Waals surface area contributed by atoms with Crippen molar-refractivity contribution in [2.45, 2.75) is 25.8 Å². The number of benzene rings is 2. The lowest BCUT2D eigenvalue weighted by Gasteiger charge is -2.17. The van der Waals surface area contributed by atoms with Crippen molar-refractivity contribution >= 4 is 34.6 Å². The Morgan fingerprint density at radius 3 is 2.86 bits per heavy atom. The Morgan fingerprint density at radius 2 is 2.00 bits per heavy atom. The molecule has 1 atom stereocenters. The maximum atomic E-state index is 12.0. The summed E-state index contributed by atoms with van der Waals surface area (Å²) in [4.78, 5) is 28.4. The lowest BCUT2D eigenvalue weighted by molar-refractivity contribution is -0.117. The van der Waals surface area contributed by atoms with Gasteiger partial charge in [-0.1, -0.05) is 12.1 Å². The van der Waals surface area contributed by atoms with Gasteiger partial charge in [0.05, 0.1) is 18.3 Å². The summed E-state index contributed by atoms with van der Waals surface area (Å²) in [7, 11) is 1.64. The number of hydrogen-bond donors (Lipinski definition) is 4. The minimum absolute atomic E-state index is 0.146. The first-order valence-corrected chi connectivity index (χ1v) is 11.6. The number of hydrogen-bond acceptors (Lipinski definition) is 7. The summed E-state index contributed by atoms with van der Waals surface area (Å²) < 4.78 is 16.0. The minimum atomic E-state index is -0.483. The molecule has 0 fully saturated rings. The molecule has 0 saturated carbocycles. The van der Waals surface area contributed by atoms with Crippen molar-refractivity contribution in [3.63, 3.8) is 0 Å². The lowest BCUT2D eigenvalue weighted by Crippen LogP contribution is -2.46. The summed E-state index contributed by atoms with van der Waals surface area (Å²) in [5.41, 5.74) is 7.24. The average molecular weight is 492 g/mol. The molecule has 36 heavy (non-hydrogen) atoms. The highest BCUT2D eigenvalue weighted by molar-refractivity contribution is 5.93. The third-order valence-electron chi connectivity index (χ3n) is 5.54. The van der Waals surface area contributed by atoms with Crippen LogP contribution in [0.3, 0.4) is 0 Å². The molecule has 0 bridgehead atoms. The van der Waals surface area contributed by atoms with Crippen molar-refractivity contribution in [3.8, 4) is 17.2 Å². The van der Waals surface area contributed by atoms with Crippen LogP contribution in [0, 0.1) is 0 Å². The largest absolute Gasteiger partial charge is 0.497 e. The van der Waals surface area contributed by atoms with Crippen molar-refractivity contribution in [2.24, 2.45) is 0 Å². The van der Waals surface area contributed by atoms with Crippen molar-refractivity contribution in [1.29, 1.82) is 0 Å². The van der Waals surface area contributed by atoms with Crippen LogP contribution in [-0.4, -0.2) is 43.4 Å². The molecule has 188 valence electrons. The second-order valence-corrected chi connectivity index (χ2v) is 8.25. The fourth-order valence-electron chi connectivity index (χ4n) is 3.73. The van der Waals surface area contributed by atoms with Crippen molar-refractivity contribution in [1.82, 2.24) is 21.2 Å². The molecule has 1 aromatic heterocycles. The minimum Gasteiger partial charge on any atom is -0.497 e. The van der Waals surface area contributed by atoms with Gasteiger partial charge >= 0.3 is 6.03 Å². The Balaban J connectivity index is 1.15. The normalized spacial score (nSPS) is 12.8. The van der Waals surface area contributed by atoms with Gasteiger partial charge in [-0.15, -0.1) is 0 Å². The Kier molecular flexibility index (Phi) is 8.07. The molecule has 0 spiro atoms. The number of rotatable bonds is 9. The van der Waals surface area contributed by atoms with Gasteiger partial charge < -0.3 is 24.8 Å². The van der Waals surface area contributed by atoms with Crippen molar-refractivity contribution < 1.29 is 23.8 Å². The molecule has 10 nitrogen and oxygen atoms in total. The van der Waals surface area contributed by atoms with E-state index in [-0.39, 0.29) is 12.8 Å². The topological polar surface area (TPSA) is 123 Å². The van der Waals surface area contributed by atoms with Crippen LogP contribution in [0.15, 0.2) is 54.7 Å². The van der Waals surface area contributed by atoms with E-state index in [0.29, 0.717) is 18.0 Å². The van der Waals surface area contributed by atoms with Crippen LogP contribution in [0.2, 0.25) is 0 Å². The molecule has 1 aliphatic rings. The summed E-state index contributed by atoms with van der Waals surface area (Å²) in [6, 6.07) is 12.8. The number of carbonyl (C=O) groups is 2. The third kappa shape index (κ3) is 6.56. The number of nitrogens with one attached hydrogen (secondary N) is 4. The first kappa shape index (κ1) is 24.6. The third-order valence-corrected chi connectivity index (χ3v) is 5.54. The van der Waals surface area contributed by atoms with E-state index in [9.17, 15) is 9.59 Å². The first-order valence-electron chi connectivity index (χ1n) is 11.6. The maximum Gasteiger partial charge on any atom is 0.333 e. The molecule has 2 aromatic carbocycles. The lowest BCUT2D eigenvalue weighted by atomic mass is 10.1. The van der Waals surface area contributed by atoms with E-state index in [4.69, 9.17) is 14.2 Å². The van der Waals surface area contributed by atoms with Gasteiger partial charge in [0.2, 0.25) is 6.79 Å². The molecule has 0 aliphatic carbocycles. The smallest absolute Gasteiger partial charge is 0.333 e. The van der Waals surface area contributed by atoms with Crippen LogP contribution >= 0.6 is 0 Å². The average Bonchev–Trinajstić information content (AvgIpc) is 3.36. The molecule has 0 radical (unpaired) electrons. The summed E-state index contributed by atoms with van der Waals surface area (Å²) in [6.45, 7) is 2.72. The van der Waals surface area contributed by atoms with Crippen LogP contribution in [-0.2, 0) is 4.79 Å². The Morgan fingerprint density at radius 1 is 1.14 bits per heavy atom.